The molecule has 3 rings (SSSR count). The fraction of sp³-hybridized carbons (Fsp3) is 0.562. The maximum Gasteiger partial charge on any atom is 0.242 e. The summed E-state index contributed by atoms with van der Waals surface area (Å²) in [6.45, 7) is 4.13. The molecule has 21 heavy (non-hydrogen) atoms. The Bertz CT molecular complexity index is 500. The zero-order valence-electron chi connectivity index (χ0n) is 12.5. The van der Waals surface area contributed by atoms with E-state index in [0.29, 0.717) is 38.9 Å². The number of amides is 1. The minimum Gasteiger partial charge on any atom is -0.378 e. The summed E-state index contributed by atoms with van der Waals surface area (Å²) in [6.07, 6.45) is 1.03. The number of nitrogens with zero attached hydrogens (tertiary/aromatic N) is 2. The van der Waals surface area contributed by atoms with Crippen molar-refractivity contribution in [2.75, 3.05) is 51.3 Å². The van der Waals surface area contributed by atoms with Gasteiger partial charge in [0.2, 0.25) is 5.91 Å². The highest BCUT2D eigenvalue weighted by Gasteiger charge is 2.26. The Hall–Kier alpha value is -1.59. The Kier molecular flexibility index (Phi) is 4.41. The number of hydrogen-bond donors (Lipinski definition) is 1. The molecule has 5 nitrogen and oxygen atoms in total. The van der Waals surface area contributed by atoms with Gasteiger partial charge in [-0.2, -0.15) is 0 Å². The summed E-state index contributed by atoms with van der Waals surface area (Å²) in [5, 5.41) is 3.36. The van der Waals surface area contributed by atoms with Crippen molar-refractivity contribution in [1.29, 1.82) is 0 Å². The number of carbonyl (C=O) groups is 1. The normalized spacial score (nSPS) is 22.0. The highest BCUT2D eigenvalue weighted by atomic mass is 16.5. The predicted octanol–water partition coefficient (Wildman–Crippen LogP) is 1.02. The second-order valence-electron chi connectivity index (χ2n) is 5.60. The fourth-order valence-electron chi connectivity index (χ4n) is 3.17. The van der Waals surface area contributed by atoms with Crippen LogP contribution in [0.2, 0.25) is 0 Å². The molecule has 0 spiro atoms. The van der Waals surface area contributed by atoms with Crippen LogP contribution in [0.3, 0.4) is 0 Å². The van der Waals surface area contributed by atoms with Crippen LogP contribution in [-0.4, -0.2) is 57.2 Å². The molecule has 1 aromatic rings. The third kappa shape index (κ3) is 3.04. The average molecular weight is 289 g/mol. The van der Waals surface area contributed by atoms with E-state index < -0.39 is 0 Å². The molecule has 1 amide bonds. The van der Waals surface area contributed by atoms with Crippen molar-refractivity contribution in [2.24, 2.45) is 0 Å². The van der Waals surface area contributed by atoms with Gasteiger partial charge in [-0.25, -0.2) is 0 Å². The van der Waals surface area contributed by atoms with Crippen LogP contribution >= 0.6 is 0 Å². The molecule has 1 unspecified atom stereocenters. The quantitative estimate of drug-likeness (QED) is 0.902. The maximum atomic E-state index is 12.4. The van der Waals surface area contributed by atoms with Gasteiger partial charge in [-0.15, -0.1) is 0 Å². The molecule has 2 aliphatic heterocycles. The molecule has 1 aromatic carbocycles. The summed E-state index contributed by atoms with van der Waals surface area (Å²) >= 11 is 0. The van der Waals surface area contributed by atoms with Crippen molar-refractivity contribution in [3.63, 3.8) is 0 Å². The van der Waals surface area contributed by atoms with E-state index in [4.69, 9.17) is 4.74 Å². The molecule has 0 aromatic heterocycles. The van der Waals surface area contributed by atoms with Crippen LogP contribution in [0.15, 0.2) is 24.3 Å². The summed E-state index contributed by atoms with van der Waals surface area (Å²) in [7, 11) is 2.00. The number of anilines is 1. The van der Waals surface area contributed by atoms with Crippen LogP contribution in [0.1, 0.15) is 18.0 Å². The van der Waals surface area contributed by atoms with Gasteiger partial charge in [-0.05, 0) is 25.1 Å². The van der Waals surface area contributed by atoms with Gasteiger partial charge in [0, 0.05) is 31.4 Å². The zero-order chi connectivity index (χ0) is 14.7. The summed E-state index contributed by atoms with van der Waals surface area (Å²) in [5.41, 5.74) is 2.48. The van der Waals surface area contributed by atoms with Crippen LogP contribution in [0.25, 0.3) is 0 Å². The van der Waals surface area contributed by atoms with E-state index in [1.165, 1.54) is 11.3 Å². The Balaban J connectivity index is 1.72. The third-order valence-corrected chi connectivity index (χ3v) is 4.38. The molecular weight excluding hydrogens is 266 g/mol. The number of rotatable bonds is 3. The van der Waals surface area contributed by atoms with Gasteiger partial charge in [0.05, 0.1) is 19.8 Å². The average Bonchev–Trinajstić information content (AvgIpc) is 2.56. The minimum absolute atomic E-state index is 0.205. The first-order chi connectivity index (χ1) is 10.3. The van der Waals surface area contributed by atoms with E-state index in [1.807, 2.05) is 18.0 Å². The third-order valence-electron chi connectivity index (χ3n) is 4.38. The van der Waals surface area contributed by atoms with Gasteiger partial charge >= 0.3 is 0 Å². The number of para-hydroxylation sites is 1. The molecule has 2 heterocycles. The van der Waals surface area contributed by atoms with Gasteiger partial charge in [-0.1, -0.05) is 18.2 Å². The lowest BCUT2D eigenvalue weighted by Gasteiger charge is -2.37. The topological polar surface area (TPSA) is 44.8 Å². The highest BCUT2D eigenvalue weighted by Crippen LogP contribution is 2.33. The van der Waals surface area contributed by atoms with Crippen LogP contribution in [-0.2, 0) is 9.53 Å². The molecule has 0 saturated carbocycles. The van der Waals surface area contributed by atoms with Crippen molar-refractivity contribution >= 4 is 11.6 Å². The van der Waals surface area contributed by atoms with Crippen LogP contribution in [0.5, 0.6) is 0 Å². The molecule has 0 bridgehead atoms. The number of fused-ring (bicyclic) bond motifs is 1. The van der Waals surface area contributed by atoms with Gasteiger partial charge < -0.3 is 19.9 Å². The van der Waals surface area contributed by atoms with Crippen molar-refractivity contribution in [2.45, 2.75) is 12.5 Å². The van der Waals surface area contributed by atoms with E-state index in [0.717, 1.165) is 13.0 Å². The van der Waals surface area contributed by atoms with E-state index in [9.17, 15) is 4.79 Å². The molecule has 114 valence electrons. The molecule has 1 N–H and O–H groups in total. The molecule has 0 radical (unpaired) electrons. The first-order valence-corrected chi connectivity index (χ1v) is 7.66. The van der Waals surface area contributed by atoms with E-state index in [2.05, 4.69) is 28.4 Å². The lowest BCUT2D eigenvalue weighted by molar-refractivity contribution is -0.133. The first-order valence-electron chi connectivity index (χ1n) is 7.66. The number of nitrogens with one attached hydrogen (secondary N) is 1. The first kappa shape index (κ1) is 14.4. The summed E-state index contributed by atoms with van der Waals surface area (Å²) in [4.78, 5) is 16.6. The fourth-order valence-corrected chi connectivity index (χ4v) is 3.17. The lowest BCUT2D eigenvalue weighted by atomic mass is 9.96. The van der Waals surface area contributed by atoms with Gasteiger partial charge in [-0.3, -0.25) is 4.79 Å². The molecule has 1 fully saturated rings. The number of ether oxygens (including phenoxy) is 1. The van der Waals surface area contributed by atoms with Gasteiger partial charge in [0.1, 0.15) is 0 Å². The van der Waals surface area contributed by atoms with Gasteiger partial charge in [0.15, 0.2) is 0 Å². The minimum atomic E-state index is 0.205. The Morgan fingerprint density at radius 2 is 2.05 bits per heavy atom. The molecule has 2 aliphatic rings. The van der Waals surface area contributed by atoms with Crippen molar-refractivity contribution < 1.29 is 9.53 Å². The van der Waals surface area contributed by atoms with E-state index in [1.54, 1.807) is 0 Å². The van der Waals surface area contributed by atoms with Crippen LogP contribution in [0.4, 0.5) is 5.69 Å². The molecule has 0 aliphatic carbocycles. The summed E-state index contributed by atoms with van der Waals surface area (Å²) in [5.74, 6) is 0.205. The van der Waals surface area contributed by atoms with Crippen molar-refractivity contribution in [3.05, 3.63) is 29.8 Å². The van der Waals surface area contributed by atoms with Crippen LogP contribution in [0, 0.1) is 0 Å². The standard InChI is InChI=1S/C16H23N3O2/c1-17-14-6-7-19(15-5-3-2-4-13(14)15)12-16(20)18-8-10-21-11-9-18/h2-5,14,17H,6-12H2,1H3. The maximum absolute atomic E-state index is 12.4. The number of morpholine rings is 1. The summed E-state index contributed by atoms with van der Waals surface area (Å²) < 4.78 is 5.31. The van der Waals surface area contributed by atoms with Gasteiger partial charge in [0.25, 0.3) is 0 Å². The molecule has 5 heteroatoms. The SMILES string of the molecule is CNC1CCN(CC(=O)N2CCOCC2)c2ccccc21. The smallest absolute Gasteiger partial charge is 0.242 e. The van der Waals surface area contributed by atoms with Crippen LogP contribution < -0.4 is 10.2 Å². The number of carbonyl (C=O) groups excluding carboxylic acids is 1. The Morgan fingerprint density at radius 1 is 1.29 bits per heavy atom. The zero-order valence-corrected chi connectivity index (χ0v) is 12.5. The largest absolute Gasteiger partial charge is 0.378 e. The molecular formula is C16H23N3O2. The monoisotopic (exact) mass is 289 g/mol. The Morgan fingerprint density at radius 3 is 2.81 bits per heavy atom. The van der Waals surface area contributed by atoms with Crippen molar-refractivity contribution in [1.82, 2.24) is 10.2 Å². The highest BCUT2D eigenvalue weighted by molar-refractivity contribution is 5.82. The van der Waals surface area contributed by atoms with E-state index >= 15 is 0 Å². The summed E-state index contributed by atoms with van der Waals surface area (Å²) in [6, 6.07) is 8.77. The number of hydrogen-bond acceptors (Lipinski definition) is 4. The predicted molar refractivity (Wildman–Crippen MR) is 82.5 cm³/mol. The molecule has 1 atom stereocenters. The van der Waals surface area contributed by atoms with E-state index in [-0.39, 0.29) is 5.91 Å². The second kappa shape index (κ2) is 6.45. The lowest BCUT2D eigenvalue weighted by Crippen LogP contribution is -2.47. The van der Waals surface area contributed by atoms with Crippen molar-refractivity contribution in [3.8, 4) is 0 Å². The second-order valence-corrected chi connectivity index (χ2v) is 5.60. The Labute approximate surface area is 125 Å². The number of benzene rings is 1. The molecule has 1 saturated heterocycles.